The van der Waals surface area contributed by atoms with Crippen molar-refractivity contribution in [3.8, 4) is 11.1 Å². The number of nitrogen functional groups attached to an aromatic ring is 1. The first-order valence-electron chi connectivity index (χ1n) is 10.7. The van der Waals surface area contributed by atoms with Gasteiger partial charge in [-0.25, -0.2) is 4.39 Å². The number of carbonyl (C=O) groups excluding carboxylic acids is 2. The van der Waals surface area contributed by atoms with Crippen molar-refractivity contribution in [2.24, 2.45) is 5.73 Å². The maximum Gasteiger partial charge on any atom is 0.325 e. The van der Waals surface area contributed by atoms with E-state index in [0.717, 1.165) is 16.0 Å². The smallest absolute Gasteiger partial charge is 0.325 e. The van der Waals surface area contributed by atoms with Gasteiger partial charge in [0, 0.05) is 17.4 Å². The van der Waals surface area contributed by atoms with Gasteiger partial charge in [-0.2, -0.15) is 20.5 Å². The molecule has 1 aromatic carbocycles. The molecule has 2 atom stereocenters. The normalized spacial score (nSPS) is 17.4. The Morgan fingerprint density at radius 2 is 2.11 bits per heavy atom. The minimum absolute atomic E-state index is 0.172. The number of amidine groups is 1. The molecule has 3 aromatic heterocycles. The number of nitrogens with one attached hydrogen (secondary N) is 3. The van der Waals surface area contributed by atoms with Crippen LogP contribution < -0.4 is 16.6 Å². The lowest BCUT2D eigenvalue weighted by atomic mass is 10.0. The minimum Gasteiger partial charge on any atom is -0.382 e. The summed E-state index contributed by atoms with van der Waals surface area (Å²) in [6, 6.07) is 5.90. The van der Waals surface area contributed by atoms with Crippen LogP contribution in [0.5, 0.6) is 0 Å². The number of benzene rings is 1. The van der Waals surface area contributed by atoms with Gasteiger partial charge in [0.1, 0.15) is 30.3 Å². The number of H-pyrrole nitrogens is 1. The Kier molecular flexibility index (Phi) is 5.71. The maximum absolute atomic E-state index is 14.3. The van der Waals surface area contributed by atoms with Gasteiger partial charge in [-0.1, -0.05) is 6.07 Å². The summed E-state index contributed by atoms with van der Waals surface area (Å²) in [7, 11) is 0. The molecule has 5 N–H and O–H groups in total. The first-order chi connectivity index (χ1) is 17.3. The molecule has 4 aromatic rings. The van der Waals surface area contributed by atoms with Crippen LogP contribution in [0.4, 0.5) is 10.2 Å². The van der Waals surface area contributed by atoms with E-state index in [1.807, 2.05) is 5.16 Å². The minimum atomic E-state index is -1.43. The van der Waals surface area contributed by atoms with Crippen LogP contribution in [0, 0.1) is 5.41 Å². The van der Waals surface area contributed by atoms with E-state index in [1.165, 1.54) is 4.68 Å². The van der Waals surface area contributed by atoms with Gasteiger partial charge < -0.3 is 16.0 Å². The third-order valence-corrected chi connectivity index (χ3v) is 5.81. The van der Waals surface area contributed by atoms with Crippen molar-refractivity contribution in [2.45, 2.75) is 25.2 Å². The van der Waals surface area contributed by atoms with E-state index in [4.69, 9.17) is 11.1 Å². The summed E-state index contributed by atoms with van der Waals surface area (Å²) in [6.07, 6.45) is 1.46. The highest BCUT2D eigenvalue weighted by Gasteiger charge is 2.40. The molecule has 0 aliphatic carbocycles. The highest BCUT2D eigenvalue weighted by Crippen LogP contribution is 2.27. The standard InChI is InChI=1S/C21H19FN10O4/c22-12-6-15(20(34)27-19-21(35)30-36-29-19)31(8-12)16(33)9-32-14-2-1-10(11-3-4-25-26-7-11)5-13(14)17(28-32)18(23)24/h1-5,7,12,15H,6,8-9H2,(H3,23,24)(H,30,35)(H,27,29,34). The Morgan fingerprint density at radius 3 is 2.81 bits per heavy atom. The monoisotopic (exact) mass is 494 g/mol. The highest BCUT2D eigenvalue weighted by atomic mass is 19.1. The lowest BCUT2D eigenvalue weighted by Gasteiger charge is -2.23. The quantitative estimate of drug-likeness (QED) is 0.211. The number of aromatic nitrogens is 6. The number of aromatic amines is 1. The first-order valence-corrected chi connectivity index (χ1v) is 10.7. The van der Waals surface area contributed by atoms with Gasteiger partial charge in [0.05, 0.1) is 24.5 Å². The zero-order chi connectivity index (χ0) is 25.4. The summed E-state index contributed by atoms with van der Waals surface area (Å²) in [5.41, 5.74) is 7.23. The fraction of sp³-hybridized carbons (Fsp3) is 0.238. The predicted molar refractivity (Wildman–Crippen MR) is 123 cm³/mol. The molecule has 0 spiro atoms. The van der Waals surface area contributed by atoms with Gasteiger partial charge >= 0.3 is 5.56 Å². The Morgan fingerprint density at radius 1 is 1.28 bits per heavy atom. The molecule has 0 saturated carbocycles. The van der Waals surface area contributed by atoms with Crippen molar-refractivity contribution in [1.82, 2.24) is 35.2 Å². The number of nitrogens with zero attached hydrogens (tertiary/aromatic N) is 6. The largest absolute Gasteiger partial charge is 0.382 e. The summed E-state index contributed by atoms with van der Waals surface area (Å²) < 4.78 is 20.0. The maximum atomic E-state index is 14.3. The topological polar surface area (TPSA) is 202 Å². The van der Waals surface area contributed by atoms with Gasteiger partial charge in [-0.15, -0.1) is 0 Å². The molecule has 2 amide bonds. The third kappa shape index (κ3) is 4.17. The summed E-state index contributed by atoms with van der Waals surface area (Å²) in [5.74, 6) is -2.03. The van der Waals surface area contributed by atoms with Crippen LogP contribution in [-0.2, 0) is 16.1 Å². The second kappa shape index (κ2) is 9.01. The van der Waals surface area contributed by atoms with E-state index in [1.54, 1.807) is 36.7 Å². The Balaban J connectivity index is 1.42. The van der Waals surface area contributed by atoms with Crippen molar-refractivity contribution in [1.29, 1.82) is 5.41 Å². The average Bonchev–Trinajstić information content (AvgIpc) is 3.56. The van der Waals surface area contributed by atoms with E-state index >= 15 is 0 Å². The number of hydrogen-bond acceptors (Lipinski definition) is 9. The van der Waals surface area contributed by atoms with Crippen LogP contribution >= 0.6 is 0 Å². The van der Waals surface area contributed by atoms with Gasteiger partial charge in [0.15, 0.2) is 0 Å². The number of anilines is 1. The van der Waals surface area contributed by atoms with Gasteiger partial charge in [-0.3, -0.25) is 29.1 Å². The number of nitrogens with two attached hydrogens (primary N) is 1. The molecule has 1 saturated heterocycles. The first kappa shape index (κ1) is 22.8. The van der Waals surface area contributed by atoms with E-state index in [0.29, 0.717) is 10.9 Å². The second-order valence-electron chi connectivity index (χ2n) is 8.13. The number of fused-ring (bicyclic) bond motifs is 1. The van der Waals surface area contributed by atoms with Gasteiger partial charge in [-0.05, 0) is 28.9 Å². The molecule has 4 heterocycles. The van der Waals surface area contributed by atoms with Crippen LogP contribution in [0.1, 0.15) is 12.1 Å². The average molecular weight is 494 g/mol. The Labute approximate surface area is 200 Å². The van der Waals surface area contributed by atoms with E-state index in [9.17, 15) is 18.8 Å². The highest BCUT2D eigenvalue weighted by molar-refractivity contribution is 6.06. The van der Waals surface area contributed by atoms with Crippen molar-refractivity contribution in [3.63, 3.8) is 0 Å². The van der Waals surface area contributed by atoms with Crippen LogP contribution in [0.2, 0.25) is 0 Å². The Hall–Kier alpha value is -4.95. The number of likely N-dealkylation sites (tertiary alicyclic amines) is 1. The number of amides is 2. The number of carbonyl (C=O) groups is 2. The molecular formula is C21H19FN10O4. The lowest BCUT2D eigenvalue weighted by Crippen LogP contribution is -2.45. The Bertz CT molecular complexity index is 1530. The van der Waals surface area contributed by atoms with Crippen molar-refractivity contribution in [2.75, 3.05) is 11.9 Å². The molecule has 36 heavy (non-hydrogen) atoms. The lowest BCUT2D eigenvalue weighted by molar-refractivity contribution is -0.137. The van der Waals surface area contributed by atoms with Crippen molar-refractivity contribution >= 4 is 34.4 Å². The SMILES string of the molecule is N=C(N)c1nn(CC(=O)N2CC(F)CC2C(=O)Nc2no[nH]c2=O)c2ccc(-c3ccnnc3)cc12. The summed E-state index contributed by atoms with van der Waals surface area (Å²) in [4.78, 5) is 38.5. The van der Waals surface area contributed by atoms with E-state index < -0.39 is 29.6 Å². The van der Waals surface area contributed by atoms with Crippen LogP contribution in [0.25, 0.3) is 22.0 Å². The predicted octanol–water partition coefficient (Wildman–Crippen LogP) is 0.0314. The molecule has 184 valence electrons. The summed E-state index contributed by atoms with van der Waals surface area (Å²) >= 11 is 0. The summed E-state index contributed by atoms with van der Waals surface area (Å²) in [6.45, 7) is -0.634. The molecule has 0 radical (unpaired) electrons. The van der Waals surface area contributed by atoms with Crippen molar-refractivity contribution < 1.29 is 18.6 Å². The third-order valence-electron chi connectivity index (χ3n) is 5.81. The van der Waals surface area contributed by atoms with E-state index in [2.05, 4.69) is 30.4 Å². The molecule has 1 aliphatic rings. The fourth-order valence-corrected chi connectivity index (χ4v) is 4.15. The summed E-state index contributed by atoms with van der Waals surface area (Å²) in [5, 5.41) is 27.9. The van der Waals surface area contributed by atoms with Crippen LogP contribution in [-0.4, -0.2) is 71.6 Å². The molecule has 15 heteroatoms. The van der Waals surface area contributed by atoms with Crippen LogP contribution in [0.3, 0.4) is 0 Å². The number of hydrogen-bond donors (Lipinski definition) is 4. The van der Waals surface area contributed by atoms with Gasteiger partial charge in [0.2, 0.25) is 17.6 Å². The zero-order valence-corrected chi connectivity index (χ0v) is 18.5. The van der Waals surface area contributed by atoms with E-state index in [-0.39, 0.29) is 36.9 Å². The number of alkyl halides is 1. The van der Waals surface area contributed by atoms with Crippen LogP contribution in [0.15, 0.2) is 46.1 Å². The molecule has 2 unspecified atom stereocenters. The molecule has 14 nitrogen and oxygen atoms in total. The second-order valence-corrected chi connectivity index (χ2v) is 8.13. The zero-order valence-electron chi connectivity index (χ0n) is 18.5. The van der Waals surface area contributed by atoms with Gasteiger partial charge in [0.25, 0.3) is 0 Å². The molecule has 5 rings (SSSR count). The number of rotatable bonds is 6. The molecular weight excluding hydrogens is 475 g/mol. The molecule has 1 fully saturated rings. The molecule has 0 bridgehead atoms. The molecule has 1 aliphatic heterocycles. The van der Waals surface area contributed by atoms with Crippen molar-refractivity contribution in [3.05, 3.63) is 52.7 Å². The number of halogens is 1. The fourth-order valence-electron chi connectivity index (χ4n) is 4.15.